The Morgan fingerprint density at radius 3 is 2.93 bits per heavy atom. The average molecular weight is 197 g/mol. The normalized spacial score (nSPS) is 22.9. The van der Waals surface area contributed by atoms with Gasteiger partial charge in [0.2, 0.25) is 5.91 Å². The summed E-state index contributed by atoms with van der Waals surface area (Å²) in [6.07, 6.45) is 6.00. The third kappa shape index (κ3) is 3.48. The van der Waals surface area contributed by atoms with Gasteiger partial charge in [0.25, 0.3) is 0 Å². The van der Waals surface area contributed by atoms with E-state index in [0.717, 1.165) is 32.1 Å². The minimum atomic E-state index is -0.198. The van der Waals surface area contributed by atoms with Crippen LogP contribution in [0, 0.1) is 0 Å². The number of rotatable bonds is 3. The lowest BCUT2D eigenvalue weighted by Crippen LogP contribution is -2.39. The molecule has 0 aromatic rings. The zero-order chi connectivity index (χ0) is 10.4. The number of carbonyl (C=O) groups excluding carboxylic acids is 2. The van der Waals surface area contributed by atoms with Crippen molar-refractivity contribution in [2.45, 2.75) is 57.9 Å². The molecular weight excluding hydrogens is 178 g/mol. The molecule has 0 spiro atoms. The van der Waals surface area contributed by atoms with Gasteiger partial charge in [-0.3, -0.25) is 9.59 Å². The van der Waals surface area contributed by atoms with Gasteiger partial charge in [-0.2, -0.15) is 0 Å². The van der Waals surface area contributed by atoms with Crippen LogP contribution in [-0.4, -0.2) is 17.7 Å². The number of ketones is 1. The third-order valence-electron chi connectivity index (χ3n) is 2.62. The van der Waals surface area contributed by atoms with Crippen LogP contribution < -0.4 is 5.32 Å². The molecule has 0 aromatic heterocycles. The number of carbonyl (C=O) groups is 2. The molecule has 1 amide bonds. The van der Waals surface area contributed by atoms with E-state index in [-0.39, 0.29) is 17.7 Å². The highest BCUT2D eigenvalue weighted by Gasteiger charge is 2.21. The fraction of sp³-hybridized carbons (Fsp3) is 0.818. The van der Waals surface area contributed by atoms with Gasteiger partial charge in [-0.1, -0.05) is 19.8 Å². The highest BCUT2D eigenvalue weighted by atomic mass is 16.2. The molecule has 1 rings (SSSR count). The second kappa shape index (κ2) is 5.78. The average Bonchev–Trinajstić information content (AvgIpc) is 2.33. The summed E-state index contributed by atoms with van der Waals surface area (Å²) in [6.45, 7) is 1.97. The van der Waals surface area contributed by atoms with Gasteiger partial charge in [-0.15, -0.1) is 0 Å². The number of hydrogen-bond donors (Lipinski definition) is 1. The van der Waals surface area contributed by atoms with E-state index in [1.54, 1.807) is 0 Å². The van der Waals surface area contributed by atoms with Crippen molar-refractivity contribution < 1.29 is 9.59 Å². The van der Waals surface area contributed by atoms with Crippen LogP contribution in [0.3, 0.4) is 0 Å². The van der Waals surface area contributed by atoms with Crippen molar-refractivity contribution in [2.75, 3.05) is 0 Å². The Bertz CT molecular complexity index is 213. The molecule has 0 saturated heterocycles. The first-order valence-corrected chi connectivity index (χ1v) is 5.56. The van der Waals surface area contributed by atoms with Crippen LogP contribution in [0.1, 0.15) is 51.9 Å². The highest BCUT2D eigenvalue weighted by molar-refractivity contribution is 5.89. The maximum absolute atomic E-state index is 11.5. The predicted molar refractivity (Wildman–Crippen MR) is 54.9 cm³/mol. The smallest absolute Gasteiger partial charge is 0.220 e. The summed E-state index contributed by atoms with van der Waals surface area (Å²) in [4.78, 5) is 22.8. The van der Waals surface area contributed by atoms with E-state index in [0.29, 0.717) is 12.8 Å². The van der Waals surface area contributed by atoms with Crippen molar-refractivity contribution in [1.82, 2.24) is 5.32 Å². The highest BCUT2D eigenvalue weighted by Crippen LogP contribution is 2.14. The zero-order valence-electron chi connectivity index (χ0n) is 8.84. The number of Topliss-reactive ketones (excluding diaryl/α,β-unsaturated/α-hetero) is 1. The molecule has 1 aliphatic carbocycles. The minimum Gasteiger partial charge on any atom is -0.346 e. The van der Waals surface area contributed by atoms with Crippen molar-refractivity contribution in [3.05, 3.63) is 0 Å². The molecule has 3 heteroatoms. The first-order chi connectivity index (χ1) is 6.74. The molecular formula is C11H19NO2. The summed E-state index contributed by atoms with van der Waals surface area (Å²) >= 11 is 0. The van der Waals surface area contributed by atoms with Crippen molar-refractivity contribution in [1.29, 1.82) is 0 Å². The van der Waals surface area contributed by atoms with Gasteiger partial charge in [0.1, 0.15) is 0 Å². The third-order valence-corrected chi connectivity index (χ3v) is 2.62. The topological polar surface area (TPSA) is 46.2 Å². The molecule has 0 aliphatic heterocycles. The first-order valence-electron chi connectivity index (χ1n) is 5.56. The molecule has 1 atom stereocenters. The molecule has 0 heterocycles. The van der Waals surface area contributed by atoms with Crippen LogP contribution in [0.15, 0.2) is 0 Å². The molecule has 1 fully saturated rings. The van der Waals surface area contributed by atoms with E-state index in [1.807, 2.05) is 6.92 Å². The molecule has 1 N–H and O–H groups in total. The standard InChI is InChI=1S/C11H19NO2/c1-2-6-11(14)12-9-7-4-3-5-8-10(9)13/h9H,2-8H2,1H3,(H,12,14)/t9-/m0/s1. The van der Waals surface area contributed by atoms with Crippen LogP contribution in [0.4, 0.5) is 0 Å². The van der Waals surface area contributed by atoms with E-state index in [4.69, 9.17) is 0 Å². The molecule has 0 bridgehead atoms. The fourth-order valence-electron chi connectivity index (χ4n) is 1.81. The number of amides is 1. The largest absolute Gasteiger partial charge is 0.346 e. The Hall–Kier alpha value is -0.860. The lowest BCUT2D eigenvalue weighted by Gasteiger charge is -2.14. The molecule has 3 nitrogen and oxygen atoms in total. The second-order valence-corrected chi connectivity index (χ2v) is 3.94. The van der Waals surface area contributed by atoms with Crippen LogP contribution in [0.2, 0.25) is 0 Å². The van der Waals surface area contributed by atoms with E-state index < -0.39 is 0 Å². The van der Waals surface area contributed by atoms with Gasteiger partial charge in [0.05, 0.1) is 6.04 Å². The van der Waals surface area contributed by atoms with Crippen LogP contribution in [0.25, 0.3) is 0 Å². The molecule has 1 aliphatic rings. The maximum atomic E-state index is 11.5. The van der Waals surface area contributed by atoms with Gasteiger partial charge < -0.3 is 5.32 Å². The Morgan fingerprint density at radius 2 is 2.21 bits per heavy atom. The molecule has 0 radical (unpaired) electrons. The van der Waals surface area contributed by atoms with Crippen LogP contribution >= 0.6 is 0 Å². The summed E-state index contributed by atoms with van der Waals surface area (Å²) in [5, 5.41) is 2.82. The minimum absolute atomic E-state index is 0.0211. The quantitative estimate of drug-likeness (QED) is 0.701. The molecule has 80 valence electrons. The lowest BCUT2D eigenvalue weighted by molar-refractivity contribution is -0.127. The SMILES string of the molecule is CCCC(=O)N[C@H]1CCCCCC1=O. The van der Waals surface area contributed by atoms with Crippen molar-refractivity contribution in [2.24, 2.45) is 0 Å². The fourth-order valence-corrected chi connectivity index (χ4v) is 1.81. The summed E-state index contributed by atoms with van der Waals surface area (Å²) in [7, 11) is 0. The monoisotopic (exact) mass is 197 g/mol. The second-order valence-electron chi connectivity index (χ2n) is 3.94. The maximum Gasteiger partial charge on any atom is 0.220 e. The molecule has 1 saturated carbocycles. The van der Waals surface area contributed by atoms with Crippen LogP contribution in [0.5, 0.6) is 0 Å². The van der Waals surface area contributed by atoms with Crippen molar-refractivity contribution >= 4 is 11.7 Å². The van der Waals surface area contributed by atoms with E-state index in [1.165, 1.54) is 0 Å². The number of nitrogens with one attached hydrogen (secondary N) is 1. The summed E-state index contributed by atoms with van der Waals surface area (Å²) in [6, 6.07) is -0.198. The van der Waals surface area contributed by atoms with E-state index >= 15 is 0 Å². The predicted octanol–water partition coefficient (Wildman–Crippen LogP) is 1.80. The lowest BCUT2D eigenvalue weighted by atomic mass is 10.1. The van der Waals surface area contributed by atoms with Gasteiger partial charge in [0, 0.05) is 12.8 Å². The Balaban J connectivity index is 2.40. The summed E-state index contributed by atoms with van der Waals surface area (Å²) in [5.74, 6) is 0.236. The van der Waals surface area contributed by atoms with Crippen LogP contribution in [-0.2, 0) is 9.59 Å². The number of hydrogen-bond acceptors (Lipinski definition) is 2. The molecule has 0 unspecified atom stereocenters. The summed E-state index contributed by atoms with van der Waals surface area (Å²) < 4.78 is 0. The Morgan fingerprint density at radius 1 is 1.43 bits per heavy atom. The summed E-state index contributed by atoms with van der Waals surface area (Å²) in [5.41, 5.74) is 0. The van der Waals surface area contributed by atoms with Gasteiger partial charge in [0.15, 0.2) is 5.78 Å². The van der Waals surface area contributed by atoms with Crippen molar-refractivity contribution in [3.8, 4) is 0 Å². The van der Waals surface area contributed by atoms with E-state index in [2.05, 4.69) is 5.32 Å². The zero-order valence-corrected chi connectivity index (χ0v) is 8.84. The molecule has 0 aromatic carbocycles. The van der Waals surface area contributed by atoms with Gasteiger partial charge in [-0.05, 0) is 19.3 Å². The Kier molecular flexibility index (Phi) is 4.63. The first kappa shape index (κ1) is 11.2. The van der Waals surface area contributed by atoms with Gasteiger partial charge >= 0.3 is 0 Å². The molecule has 14 heavy (non-hydrogen) atoms. The van der Waals surface area contributed by atoms with Gasteiger partial charge in [-0.25, -0.2) is 0 Å². The van der Waals surface area contributed by atoms with Crippen molar-refractivity contribution in [3.63, 3.8) is 0 Å². The van der Waals surface area contributed by atoms with E-state index in [9.17, 15) is 9.59 Å². The Labute approximate surface area is 85.3 Å².